The molecule has 0 N–H and O–H groups in total. The number of halogens is 1. The summed E-state index contributed by atoms with van der Waals surface area (Å²) in [7, 11) is -3.69. The highest BCUT2D eigenvalue weighted by molar-refractivity contribution is 7.89. The van der Waals surface area contributed by atoms with E-state index in [0.717, 1.165) is 37.8 Å². The topological polar surface area (TPSA) is 61.2 Å². The molecule has 1 saturated carbocycles. The fraction of sp³-hybridized carbons (Fsp3) is 0.500. The Balaban J connectivity index is 1.95. The van der Waals surface area contributed by atoms with E-state index in [1.54, 1.807) is 6.07 Å². The maximum absolute atomic E-state index is 13.1. The van der Waals surface area contributed by atoms with Crippen molar-refractivity contribution in [3.63, 3.8) is 0 Å². The van der Waals surface area contributed by atoms with Gasteiger partial charge in [0.15, 0.2) is 0 Å². The van der Waals surface area contributed by atoms with Gasteiger partial charge in [-0.1, -0.05) is 12.8 Å². The third-order valence-corrected chi connectivity index (χ3v) is 6.25. The normalized spacial score (nSPS) is 26.4. The molecule has 0 radical (unpaired) electrons. The van der Waals surface area contributed by atoms with Gasteiger partial charge in [-0.15, -0.1) is 0 Å². The summed E-state index contributed by atoms with van der Waals surface area (Å²) < 4.78 is 39.8. The van der Waals surface area contributed by atoms with Gasteiger partial charge in [0.2, 0.25) is 10.0 Å². The molecule has 4 nitrogen and oxygen atoms in total. The average Bonchev–Trinajstić information content (AvgIpc) is 2.39. The molecule has 2 atom stereocenters. The zero-order valence-corrected chi connectivity index (χ0v) is 11.7. The van der Waals surface area contributed by atoms with E-state index >= 15 is 0 Å². The van der Waals surface area contributed by atoms with Crippen molar-refractivity contribution < 1.29 is 12.8 Å². The minimum Gasteiger partial charge on any atom is -0.207 e. The molecule has 0 spiro atoms. The summed E-state index contributed by atoms with van der Waals surface area (Å²) in [5, 5.41) is 9.01. The highest BCUT2D eigenvalue weighted by Crippen LogP contribution is 2.41. The molecular formula is C14H15FN2O2S. The molecule has 0 aromatic heterocycles. The van der Waals surface area contributed by atoms with Crippen LogP contribution in [-0.2, 0) is 10.0 Å². The van der Waals surface area contributed by atoms with E-state index in [4.69, 9.17) is 5.26 Å². The first-order chi connectivity index (χ1) is 9.54. The summed E-state index contributed by atoms with van der Waals surface area (Å²) in [5.74, 6) is -0.149. The molecule has 1 saturated heterocycles. The van der Waals surface area contributed by atoms with Gasteiger partial charge in [-0.3, -0.25) is 0 Å². The fourth-order valence-corrected chi connectivity index (χ4v) is 5.12. The van der Waals surface area contributed by atoms with Crippen molar-refractivity contribution in [1.29, 1.82) is 5.26 Å². The van der Waals surface area contributed by atoms with Crippen molar-refractivity contribution in [2.45, 2.75) is 36.6 Å². The summed E-state index contributed by atoms with van der Waals surface area (Å²) in [5.41, 5.74) is -0.121. The standard InChI is InChI=1S/C14H15FN2O2S/c15-12-5-6-14(11(7-12)8-16)20(18,19)17-9-10-3-1-2-4-13(10)17/h5-7,10,13H,1-4,9H2/t10-,13-/m1/s1. The summed E-state index contributed by atoms with van der Waals surface area (Å²) >= 11 is 0. The zero-order valence-electron chi connectivity index (χ0n) is 10.9. The van der Waals surface area contributed by atoms with Gasteiger partial charge in [-0.05, 0) is 37.0 Å². The van der Waals surface area contributed by atoms with E-state index in [1.165, 1.54) is 10.4 Å². The number of nitriles is 1. The van der Waals surface area contributed by atoms with Gasteiger partial charge in [0.1, 0.15) is 16.8 Å². The number of fused-ring (bicyclic) bond motifs is 1. The molecule has 6 heteroatoms. The number of benzene rings is 1. The predicted molar refractivity (Wildman–Crippen MR) is 70.8 cm³/mol. The monoisotopic (exact) mass is 294 g/mol. The van der Waals surface area contributed by atoms with E-state index in [9.17, 15) is 12.8 Å². The Morgan fingerprint density at radius 1 is 1.30 bits per heavy atom. The van der Waals surface area contributed by atoms with Crippen LogP contribution in [-0.4, -0.2) is 25.3 Å². The molecule has 0 amide bonds. The second-order valence-corrected chi connectivity index (χ2v) is 7.30. The van der Waals surface area contributed by atoms with Gasteiger partial charge in [-0.2, -0.15) is 9.57 Å². The molecule has 20 heavy (non-hydrogen) atoms. The highest BCUT2D eigenvalue weighted by Gasteiger charge is 2.47. The minimum absolute atomic E-state index is 0.0605. The molecule has 1 aliphatic carbocycles. The van der Waals surface area contributed by atoms with Crippen LogP contribution in [0.1, 0.15) is 31.2 Å². The van der Waals surface area contributed by atoms with Gasteiger partial charge in [0.05, 0.1) is 5.56 Å². The van der Waals surface area contributed by atoms with E-state index in [0.29, 0.717) is 12.5 Å². The third kappa shape index (κ3) is 2.02. The third-order valence-electron chi connectivity index (χ3n) is 4.30. The SMILES string of the molecule is N#Cc1cc(F)ccc1S(=O)(=O)N1C[C@H]2CCCC[C@H]21. The van der Waals surface area contributed by atoms with Gasteiger partial charge in [0, 0.05) is 12.6 Å². The van der Waals surface area contributed by atoms with Crippen LogP contribution in [0, 0.1) is 23.1 Å². The predicted octanol–water partition coefficient (Wildman–Crippen LogP) is 2.26. The molecule has 0 bridgehead atoms. The van der Waals surface area contributed by atoms with Crippen LogP contribution in [0.5, 0.6) is 0 Å². The number of rotatable bonds is 2. The van der Waals surface area contributed by atoms with Crippen molar-refractivity contribution in [1.82, 2.24) is 4.31 Å². The second kappa shape index (κ2) is 4.83. The van der Waals surface area contributed by atoms with Crippen molar-refractivity contribution in [3.8, 4) is 6.07 Å². The number of hydrogen-bond donors (Lipinski definition) is 0. The lowest BCUT2D eigenvalue weighted by molar-refractivity contribution is 0.0601. The maximum Gasteiger partial charge on any atom is 0.244 e. The molecule has 0 unspecified atom stereocenters. The molecular weight excluding hydrogens is 279 g/mol. The van der Waals surface area contributed by atoms with E-state index < -0.39 is 15.8 Å². The fourth-order valence-electron chi connectivity index (χ4n) is 3.23. The van der Waals surface area contributed by atoms with Crippen molar-refractivity contribution >= 4 is 10.0 Å². The zero-order chi connectivity index (χ0) is 14.3. The lowest BCUT2D eigenvalue weighted by Gasteiger charge is -2.49. The van der Waals surface area contributed by atoms with Crippen molar-refractivity contribution in [2.24, 2.45) is 5.92 Å². The quantitative estimate of drug-likeness (QED) is 0.840. The van der Waals surface area contributed by atoms with Crippen LogP contribution in [0.4, 0.5) is 4.39 Å². The first-order valence-corrected chi connectivity index (χ1v) is 8.19. The van der Waals surface area contributed by atoms with Crippen molar-refractivity contribution in [3.05, 3.63) is 29.6 Å². The Hall–Kier alpha value is -1.45. The van der Waals surface area contributed by atoms with Crippen LogP contribution in [0.25, 0.3) is 0 Å². The number of hydrogen-bond acceptors (Lipinski definition) is 3. The molecule has 1 heterocycles. The highest BCUT2D eigenvalue weighted by atomic mass is 32.2. The van der Waals surface area contributed by atoms with Crippen LogP contribution in [0.2, 0.25) is 0 Å². The Bertz CT molecular complexity index is 681. The summed E-state index contributed by atoms with van der Waals surface area (Å²) in [6, 6.07) is 5.09. The van der Waals surface area contributed by atoms with Crippen molar-refractivity contribution in [2.75, 3.05) is 6.54 Å². The summed E-state index contributed by atoms with van der Waals surface area (Å²) in [4.78, 5) is -0.0783. The molecule has 1 aliphatic heterocycles. The number of nitrogens with zero attached hydrogens (tertiary/aromatic N) is 2. The van der Waals surface area contributed by atoms with E-state index in [2.05, 4.69) is 0 Å². The Morgan fingerprint density at radius 2 is 2.05 bits per heavy atom. The van der Waals surface area contributed by atoms with E-state index in [1.807, 2.05) is 0 Å². The van der Waals surface area contributed by atoms with Crippen LogP contribution < -0.4 is 0 Å². The molecule has 2 aliphatic rings. The largest absolute Gasteiger partial charge is 0.244 e. The van der Waals surface area contributed by atoms with Crippen LogP contribution in [0.15, 0.2) is 23.1 Å². The minimum atomic E-state index is -3.69. The van der Waals surface area contributed by atoms with Gasteiger partial charge < -0.3 is 0 Å². The first-order valence-electron chi connectivity index (χ1n) is 6.75. The number of sulfonamides is 1. The van der Waals surface area contributed by atoms with Gasteiger partial charge in [-0.25, -0.2) is 12.8 Å². The molecule has 3 rings (SSSR count). The first kappa shape index (κ1) is 13.5. The maximum atomic E-state index is 13.1. The molecule has 2 fully saturated rings. The Labute approximate surface area is 117 Å². The van der Waals surface area contributed by atoms with Crippen LogP contribution in [0.3, 0.4) is 0 Å². The Kier molecular flexibility index (Phi) is 3.27. The Morgan fingerprint density at radius 3 is 2.75 bits per heavy atom. The average molecular weight is 294 g/mol. The second-order valence-electron chi connectivity index (χ2n) is 5.44. The van der Waals surface area contributed by atoms with E-state index in [-0.39, 0.29) is 16.5 Å². The lowest BCUT2D eigenvalue weighted by atomic mass is 9.79. The summed E-state index contributed by atoms with van der Waals surface area (Å²) in [6.45, 7) is 0.523. The molecule has 106 valence electrons. The van der Waals surface area contributed by atoms with Gasteiger partial charge in [0.25, 0.3) is 0 Å². The van der Waals surface area contributed by atoms with Gasteiger partial charge >= 0.3 is 0 Å². The molecule has 1 aromatic carbocycles. The smallest absolute Gasteiger partial charge is 0.207 e. The lowest BCUT2D eigenvalue weighted by Crippen LogP contribution is -2.59. The molecule has 1 aromatic rings. The van der Waals surface area contributed by atoms with Crippen LogP contribution >= 0.6 is 0 Å². The summed E-state index contributed by atoms with van der Waals surface area (Å²) in [6.07, 6.45) is 4.16.